The number of rotatable bonds is 5. The first kappa shape index (κ1) is 23.2. The molecule has 2 aliphatic rings. The zero-order valence-electron chi connectivity index (χ0n) is 20.5. The summed E-state index contributed by atoms with van der Waals surface area (Å²) in [6.45, 7) is 6.58. The third-order valence-corrected chi connectivity index (χ3v) is 7.37. The molecule has 1 saturated heterocycles. The van der Waals surface area contributed by atoms with Crippen LogP contribution in [0.3, 0.4) is 0 Å². The number of hydrogen-bond acceptors (Lipinski definition) is 3. The zero-order valence-corrected chi connectivity index (χ0v) is 20.5. The van der Waals surface area contributed by atoms with Crippen LogP contribution in [0.15, 0.2) is 36.4 Å². The second-order valence-corrected chi connectivity index (χ2v) is 10.8. The highest BCUT2D eigenvalue weighted by atomic mass is 19.1. The van der Waals surface area contributed by atoms with Gasteiger partial charge in [0.15, 0.2) is 0 Å². The zero-order chi connectivity index (χ0) is 24.4. The third-order valence-electron chi connectivity index (χ3n) is 7.37. The van der Waals surface area contributed by atoms with Crippen LogP contribution in [0.5, 0.6) is 0 Å². The van der Waals surface area contributed by atoms with Crippen molar-refractivity contribution in [1.82, 2.24) is 14.8 Å². The van der Waals surface area contributed by atoms with Gasteiger partial charge in [-0.25, -0.2) is 13.2 Å². The van der Waals surface area contributed by atoms with Gasteiger partial charge in [0.05, 0.1) is 6.04 Å². The molecule has 4 nitrogen and oxygen atoms in total. The number of halogens is 3. The Kier molecular flexibility index (Phi) is 5.68. The Labute approximate surface area is 199 Å². The third kappa shape index (κ3) is 3.99. The number of fused-ring (bicyclic) bond motifs is 3. The van der Waals surface area contributed by atoms with Crippen LogP contribution >= 0.6 is 0 Å². The van der Waals surface area contributed by atoms with Gasteiger partial charge in [-0.05, 0) is 65.0 Å². The molecule has 0 radical (unpaired) electrons. The van der Waals surface area contributed by atoms with Crippen LogP contribution in [-0.2, 0) is 6.42 Å². The molecule has 3 aromatic rings. The summed E-state index contributed by atoms with van der Waals surface area (Å²) >= 11 is 0. The van der Waals surface area contributed by atoms with Crippen molar-refractivity contribution in [3.05, 3.63) is 64.9 Å². The van der Waals surface area contributed by atoms with E-state index in [0.29, 0.717) is 18.2 Å². The summed E-state index contributed by atoms with van der Waals surface area (Å²) in [5.74, 6) is -1.18. The Balaban J connectivity index is 1.61. The molecule has 2 aliphatic heterocycles. The number of H-pyrrole nitrogens is 1. The average Bonchev–Trinajstić information content (AvgIpc) is 3.05. The van der Waals surface area contributed by atoms with E-state index in [2.05, 4.69) is 9.88 Å². The standard InChI is InChI=1S/C27H33F3N4/c1-16-10-20-19-8-6-7-9-23(19)31-25(20)26(34(16)15-27(2,3)30)24-21(28)11-17(12-22(24)29)33-13-18(14-33)32(4)5/h6-9,11-12,16,18,26,31H,10,13-15H2,1-5H3/t16-,26-/m1/s1. The fourth-order valence-electron chi connectivity index (χ4n) is 5.51. The fourth-order valence-corrected chi connectivity index (χ4v) is 5.51. The van der Waals surface area contributed by atoms with E-state index in [1.165, 1.54) is 26.0 Å². The molecular weight excluding hydrogens is 437 g/mol. The summed E-state index contributed by atoms with van der Waals surface area (Å²) in [4.78, 5) is 9.43. The van der Waals surface area contributed by atoms with E-state index in [9.17, 15) is 4.39 Å². The predicted molar refractivity (Wildman–Crippen MR) is 131 cm³/mol. The number of anilines is 1. The number of benzene rings is 2. The lowest BCUT2D eigenvalue weighted by atomic mass is 9.87. The van der Waals surface area contributed by atoms with Crippen molar-refractivity contribution < 1.29 is 13.2 Å². The number of nitrogens with zero attached hydrogens (tertiary/aromatic N) is 3. The molecule has 2 atom stereocenters. The van der Waals surface area contributed by atoms with E-state index < -0.39 is 23.3 Å². The molecule has 0 saturated carbocycles. The SMILES string of the molecule is C[C@@H]1Cc2c([nH]c3ccccc23)[C@@H](c2c(F)cc(N3CC(N(C)C)C3)cc2F)N1CC(C)(C)F. The predicted octanol–water partition coefficient (Wildman–Crippen LogP) is 5.28. The van der Waals surface area contributed by atoms with Crippen molar-refractivity contribution in [3.8, 4) is 0 Å². The largest absolute Gasteiger partial charge is 0.368 e. The highest BCUT2D eigenvalue weighted by molar-refractivity contribution is 5.85. The maximum absolute atomic E-state index is 15.7. The van der Waals surface area contributed by atoms with Crippen LogP contribution < -0.4 is 4.90 Å². The Morgan fingerprint density at radius 1 is 1.09 bits per heavy atom. The highest BCUT2D eigenvalue weighted by Gasteiger charge is 2.41. The first-order valence-corrected chi connectivity index (χ1v) is 12.0. The molecule has 0 unspecified atom stereocenters. The summed E-state index contributed by atoms with van der Waals surface area (Å²) in [5.41, 5.74) is 1.76. The summed E-state index contributed by atoms with van der Waals surface area (Å²) in [6.07, 6.45) is 0.687. The number of aromatic nitrogens is 1. The molecule has 0 spiro atoms. The quantitative estimate of drug-likeness (QED) is 0.549. The molecule has 0 amide bonds. The van der Waals surface area contributed by atoms with E-state index in [-0.39, 0.29) is 18.2 Å². The molecule has 0 bridgehead atoms. The lowest BCUT2D eigenvalue weighted by Gasteiger charge is -2.45. The van der Waals surface area contributed by atoms with E-state index in [1.54, 1.807) is 0 Å². The molecule has 1 fully saturated rings. The van der Waals surface area contributed by atoms with Crippen molar-refractivity contribution in [2.24, 2.45) is 0 Å². The lowest BCUT2D eigenvalue weighted by Crippen LogP contribution is -2.57. The van der Waals surface area contributed by atoms with E-state index in [0.717, 1.165) is 35.2 Å². The molecule has 2 aromatic carbocycles. The highest BCUT2D eigenvalue weighted by Crippen LogP contribution is 2.44. The van der Waals surface area contributed by atoms with Gasteiger partial charge in [-0.15, -0.1) is 0 Å². The van der Waals surface area contributed by atoms with Gasteiger partial charge in [0, 0.05) is 59.6 Å². The summed E-state index contributed by atoms with van der Waals surface area (Å²) in [7, 11) is 4.02. The molecule has 1 aromatic heterocycles. The minimum atomic E-state index is -1.51. The fraction of sp³-hybridized carbons (Fsp3) is 0.481. The molecule has 7 heteroatoms. The number of likely N-dealkylation sites (N-methyl/N-ethyl adjacent to an activating group) is 1. The summed E-state index contributed by atoms with van der Waals surface area (Å²) < 4.78 is 46.4. The van der Waals surface area contributed by atoms with Crippen LogP contribution in [0.4, 0.5) is 18.9 Å². The van der Waals surface area contributed by atoms with Crippen LogP contribution in [-0.4, -0.2) is 66.3 Å². The smallest absolute Gasteiger partial charge is 0.133 e. The lowest BCUT2D eigenvalue weighted by molar-refractivity contribution is 0.0643. The minimum absolute atomic E-state index is 0.0166. The number of aromatic amines is 1. The number of para-hydroxylation sites is 1. The molecule has 5 rings (SSSR count). The summed E-state index contributed by atoms with van der Waals surface area (Å²) in [6, 6.07) is 10.3. The Hall–Kier alpha value is -2.51. The van der Waals surface area contributed by atoms with Gasteiger partial charge in [0.1, 0.15) is 17.3 Å². The Morgan fingerprint density at radius 3 is 2.35 bits per heavy atom. The van der Waals surface area contributed by atoms with Crippen molar-refractivity contribution in [2.45, 2.75) is 51.0 Å². The van der Waals surface area contributed by atoms with E-state index in [4.69, 9.17) is 0 Å². The maximum Gasteiger partial charge on any atom is 0.133 e. The van der Waals surface area contributed by atoms with Crippen LogP contribution in [0.25, 0.3) is 10.9 Å². The van der Waals surface area contributed by atoms with Crippen LogP contribution in [0, 0.1) is 11.6 Å². The van der Waals surface area contributed by atoms with Gasteiger partial charge in [-0.2, -0.15) is 0 Å². The average molecular weight is 471 g/mol. The minimum Gasteiger partial charge on any atom is -0.368 e. The van der Waals surface area contributed by atoms with Crippen molar-refractivity contribution in [3.63, 3.8) is 0 Å². The molecular formula is C27H33F3N4. The first-order valence-electron chi connectivity index (χ1n) is 12.0. The molecule has 1 N–H and O–H groups in total. The van der Waals surface area contributed by atoms with E-state index in [1.807, 2.05) is 55.1 Å². The van der Waals surface area contributed by atoms with Crippen molar-refractivity contribution >= 4 is 16.6 Å². The van der Waals surface area contributed by atoms with Crippen LogP contribution in [0.1, 0.15) is 43.6 Å². The second-order valence-electron chi connectivity index (χ2n) is 10.8. The van der Waals surface area contributed by atoms with Gasteiger partial charge in [-0.3, -0.25) is 4.90 Å². The molecule has 182 valence electrons. The van der Waals surface area contributed by atoms with Crippen molar-refractivity contribution in [2.75, 3.05) is 38.6 Å². The van der Waals surface area contributed by atoms with Gasteiger partial charge in [-0.1, -0.05) is 18.2 Å². The van der Waals surface area contributed by atoms with Crippen LogP contribution in [0.2, 0.25) is 0 Å². The number of alkyl halides is 1. The monoisotopic (exact) mass is 470 g/mol. The number of hydrogen-bond donors (Lipinski definition) is 1. The summed E-state index contributed by atoms with van der Waals surface area (Å²) in [5, 5.41) is 1.06. The van der Waals surface area contributed by atoms with Gasteiger partial charge >= 0.3 is 0 Å². The topological polar surface area (TPSA) is 25.5 Å². The molecule has 0 aliphatic carbocycles. The second kappa shape index (κ2) is 8.31. The Bertz CT molecular complexity index is 1180. The maximum atomic E-state index is 15.7. The Morgan fingerprint density at radius 2 is 1.74 bits per heavy atom. The van der Waals surface area contributed by atoms with E-state index >= 15 is 8.78 Å². The van der Waals surface area contributed by atoms with Gasteiger partial charge in [0.25, 0.3) is 0 Å². The molecule has 34 heavy (non-hydrogen) atoms. The normalized spacial score (nSPS) is 21.9. The first-order chi connectivity index (χ1) is 16.0. The molecule has 3 heterocycles. The number of nitrogens with one attached hydrogen (secondary N) is 1. The van der Waals surface area contributed by atoms with Gasteiger partial charge in [0.2, 0.25) is 0 Å². The van der Waals surface area contributed by atoms with Crippen molar-refractivity contribution in [1.29, 1.82) is 0 Å². The van der Waals surface area contributed by atoms with Gasteiger partial charge < -0.3 is 14.8 Å².